The number of nitrogens with two attached hydrogens (primary N) is 1. The number of rotatable bonds is 4. The predicted octanol–water partition coefficient (Wildman–Crippen LogP) is 2.21. The summed E-state index contributed by atoms with van der Waals surface area (Å²) in [6.45, 7) is 10.4. The van der Waals surface area contributed by atoms with Crippen molar-refractivity contribution in [3.63, 3.8) is 0 Å². The molecule has 3 N–H and O–H groups in total. The van der Waals surface area contributed by atoms with E-state index in [1.807, 2.05) is 13.8 Å². The molecule has 1 atom stereocenters. The molecule has 1 saturated carbocycles. The fraction of sp³-hybridized carbons (Fsp3) is 0.933. The lowest BCUT2D eigenvalue weighted by Gasteiger charge is -2.34. The minimum absolute atomic E-state index is 0.0512. The van der Waals surface area contributed by atoms with Crippen LogP contribution in [0, 0.1) is 5.92 Å². The van der Waals surface area contributed by atoms with Crippen LogP contribution in [0.25, 0.3) is 0 Å². The average Bonchev–Trinajstić information content (AvgIpc) is 2.28. The Hall–Kier alpha value is -0.610. The standard InChI is InChI=1S/C15H30N2O2/c1-10(2)13(16)14(18)19-12-8-6-11(7-9-12)17-15(3,4)5/h10-13,17H,6-9,16H2,1-5H3/t11?,12?,13-/m1/s1. The molecule has 4 nitrogen and oxygen atoms in total. The normalized spacial score (nSPS) is 26.3. The van der Waals surface area contributed by atoms with Gasteiger partial charge in [0.05, 0.1) is 0 Å². The Labute approximate surface area is 117 Å². The summed E-state index contributed by atoms with van der Waals surface area (Å²) in [5.74, 6) is -0.117. The van der Waals surface area contributed by atoms with Gasteiger partial charge in [-0.15, -0.1) is 0 Å². The number of nitrogens with one attached hydrogen (secondary N) is 1. The van der Waals surface area contributed by atoms with Crippen molar-refractivity contribution in [1.82, 2.24) is 5.32 Å². The van der Waals surface area contributed by atoms with Crippen molar-refractivity contribution in [2.24, 2.45) is 11.7 Å². The second-order valence-electron chi connectivity index (χ2n) is 7.07. The van der Waals surface area contributed by atoms with Gasteiger partial charge in [0.25, 0.3) is 0 Å². The Morgan fingerprint density at radius 2 is 1.74 bits per heavy atom. The third kappa shape index (κ3) is 5.91. The molecule has 0 aromatic heterocycles. The first kappa shape index (κ1) is 16.4. The summed E-state index contributed by atoms with van der Waals surface area (Å²) in [7, 11) is 0. The SMILES string of the molecule is CC(C)[C@@H](N)C(=O)OC1CCC(NC(C)(C)C)CC1. The van der Waals surface area contributed by atoms with E-state index in [1.54, 1.807) is 0 Å². The van der Waals surface area contributed by atoms with Gasteiger partial charge in [0.15, 0.2) is 0 Å². The van der Waals surface area contributed by atoms with Gasteiger partial charge in [0, 0.05) is 11.6 Å². The van der Waals surface area contributed by atoms with Crippen molar-refractivity contribution < 1.29 is 9.53 Å². The molecule has 0 unspecified atom stereocenters. The minimum Gasteiger partial charge on any atom is -0.461 e. The predicted molar refractivity (Wildman–Crippen MR) is 77.8 cm³/mol. The summed E-state index contributed by atoms with van der Waals surface area (Å²) in [4.78, 5) is 11.8. The molecule has 1 aliphatic rings. The number of ether oxygens (including phenoxy) is 1. The Morgan fingerprint density at radius 1 is 1.21 bits per heavy atom. The van der Waals surface area contributed by atoms with Crippen LogP contribution in [0.4, 0.5) is 0 Å². The van der Waals surface area contributed by atoms with Crippen LogP contribution in [0.1, 0.15) is 60.3 Å². The van der Waals surface area contributed by atoms with Crippen LogP contribution in [-0.4, -0.2) is 29.7 Å². The highest BCUT2D eigenvalue weighted by Crippen LogP contribution is 2.23. The van der Waals surface area contributed by atoms with Crippen LogP contribution >= 0.6 is 0 Å². The Bertz CT molecular complexity index is 289. The van der Waals surface area contributed by atoms with Crippen LogP contribution in [0.3, 0.4) is 0 Å². The van der Waals surface area contributed by atoms with Crippen LogP contribution in [0.15, 0.2) is 0 Å². The smallest absolute Gasteiger partial charge is 0.323 e. The first-order chi connectivity index (χ1) is 8.69. The van der Waals surface area contributed by atoms with Crippen molar-refractivity contribution in [2.45, 2.75) is 84.0 Å². The highest BCUT2D eigenvalue weighted by Gasteiger charge is 2.28. The van der Waals surface area contributed by atoms with Crippen molar-refractivity contribution in [3.8, 4) is 0 Å². The number of hydrogen-bond donors (Lipinski definition) is 2. The fourth-order valence-electron chi connectivity index (χ4n) is 2.45. The molecule has 0 radical (unpaired) electrons. The molecule has 1 rings (SSSR count). The van der Waals surface area contributed by atoms with Crippen LogP contribution in [-0.2, 0) is 9.53 Å². The minimum atomic E-state index is -0.495. The molecule has 0 spiro atoms. The van der Waals surface area contributed by atoms with Gasteiger partial charge >= 0.3 is 5.97 Å². The summed E-state index contributed by atoms with van der Waals surface area (Å²) >= 11 is 0. The van der Waals surface area contributed by atoms with Crippen molar-refractivity contribution in [2.75, 3.05) is 0 Å². The molecule has 0 heterocycles. The van der Waals surface area contributed by atoms with Gasteiger partial charge in [-0.3, -0.25) is 4.79 Å². The molecule has 0 aromatic rings. The second kappa shape index (κ2) is 6.71. The number of carbonyl (C=O) groups is 1. The summed E-state index contributed by atoms with van der Waals surface area (Å²) in [6, 6.07) is 0.0409. The van der Waals surface area contributed by atoms with Crippen molar-refractivity contribution in [3.05, 3.63) is 0 Å². The molecule has 1 fully saturated rings. The van der Waals surface area contributed by atoms with E-state index in [4.69, 9.17) is 10.5 Å². The Balaban J connectivity index is 2.32. The van der Waals surface area contributed by atoms with E-state index >= 15 is 0 Å². The molecule has 0 saturated heterocycles. The van der Waals surface area contributed by atoms with Gasteiger partial charge in [-0.25, -0.2) is 0 Å². The summed E-state index contributed by atoms with van der Waals surface area (Å²) in [5, 5.41) is 3.61. The van der Waals surface area contributed by atoms with Gasteiger partial charge in [0.1, 0.15) is 12.1 Å². The van der Waals surface area contributed by atoms with Gasteiger partial charge < -0.3 is 15.8 Å². The maximum atomic E-state index is 11.8. The first-order valence-electron chi connectivity index (χ1n) is 7.43. The molecular formula is C15H30N2O2. The van der Waals surface area contributed by atoms with E-state index in [1.165, 1.54) is 0 Å². The number of hydrogen-bond acceptors (Lipinski definition) is 4. The molecule has 0 aliphatic heterocycles. The zero-order chi connectivity index (χ0) is 14.6. The van der Waals surface area contributed by atoms with Crippen molar-refractivity contribution in [1.29, 1.82) is 0 Å². The monoisotopic (exact) mass is 270 g/mol. The Kier molecular flexibility index (Phi) is 5.81. The van der Waals surface area contributed by atoms with Crippen LogP contribution in [0.2, 0.25) is 0 Å². The third-order valence-corrected chi connectivity index (χ3v) is 3.58. The van der Waals surface area contributed by atoms with E-state index < -0.39 is 6.04 Å². The maximum absolute atomic E-state index is 11.8. The zero-order valence-electron chi connectivity index (χ0n) is 13.0. The molecule has 0 bridgehead atoms. The number of carbonyl (C=O) groups excluding carboxylic acids is 1. The summed E-state index contributed by atoms with van der Waals surface area (Å²) in [6.07, 6.45) is 4.04. The first-order valence-corrected chi connectivity index (χ1v) is 7.43. The van der Waals surface area contributed by atoms with Gasteiger partial charge in [-0.1, -0.05) is 13.8 Å². The second-order valence-corrected chi connectivity index (χ2v) is 7.07. The zero-order valence-corrected chi connectivity index (χ0v) is 13.0. The summed E-state index contributed by atoms with van der Waals surface area (Å²) < 4.78 is 5.50. The van der Waals surface area contributed by atoms with Gasteiger partial charge in [-0.05, 0) is 52.4 Å². The van der Waals surface area contributed by atoms with Crippen LogP contribution in [0.5, 0.6) is 0 Å². The fourth-order valence-corrected chi connectivity index (χ4v) is 2.45. The largest absolute Gasteiger partial charge is 0.461 e. The highest BCUT2D eigenvalue weighted by atomic mass is 16.5. The lowest BCUT2D eigenvalue weighted by molar-refractivity contribution is -0.153. The van der Waals surface area contributed by atoms with Crippen LogP contribution < -0.4 is 11.1 Å². The van der Waals surface area contributed by atoms with Crippen molar-refractivity contribution >= 4 is 5.97 Å². The molecule has 1 aliphatic carbocycles. The molecule has 112 valence electrons. The Morgan fingerprint density at radius 3 is 2.16 bits per heavy atom. The third-order valence-electron chi connectivity index (χ3n) is 3.58. The van der Waals surface area contributed by atoms with E-state index in [9.17, 15) is 4.79 Å². The molecule has 0 aromatic carbocycles. The van der Waals surface area contributed by atoms with E-state index in [-0.39, 0.29) is 23.5 Å². The lowest BCUT2D eigenvalue weighted by Crippen LogP contribution is -2.46. The molecular weight excluding hydrogens is 240 g/mol. The van der Waals surface area contributed by atoms with E-state index in [0.717, 1.165) is 25.7 Å². The van der Waals surface area contributed by atoms with E-state index in [0.29, 0.717) is 6.04 Å². The lowest BCUT2D eigenvalue weighted by atomic mass is 9.91. The van der Waals surface area contributed by atoms with E-state index in [2.05, 4.69) is 26.1 Å². The maximum Gasteiger partial charge on any atom is 0.323 e. The molecule has 4 heteroatoms. The molecule has 0 amide bonds. The summed E-state index contributed by atoms with van der Waals surface area (Å²) in [5.41, 5.74) is 5.95. The quantitative estimate of drug-likeness (QED) is 0.769. The van der Waals surface area contributed by atoms with Gasteiger partial charge in [-0.2, -0.15) is 0 Å². The molecule has 19 heavy (non-hydrogen) atoms. The topological polar surface area (TPSA) is 64.4 Å². The number of esters is 1. The highest BCUT2D eigenvalue weighted by molar-refractivity contribution is 5.75. The average molecular weight is 270 g/mol. The van der Waals surface area contributed by atoms with Gasteiger partial charge in [0.2, 0.25) is 0 Å².